The first-order valence-electron chi connectivity index (χ1n) is 12.4. The molecule has 0 bridgehead atoms. The van der Waals surface area contributed by atoms with E-state index in [1.165, 1.54) is 44.9 Å². The summed E-state index contributed by atoms with van der Waals surface area (Å²) >= 11 is 0. The molecule has 4 heterocycles. The van der Waals surface area contributed by atoms with Gasteiger partial charge < -0.3 is 4.90 Å². The monoisotopic (exact) mass is 423 g/mol. The van der Waals surface area contributed by atoms with Gasteiger partial charge in [0.05, 0.1) is 29.5 Å². The quantitative estimate of drug-likeness (QED) is 0.823. The van der Waals surface area contributed by atoms with Crippen molar-refractivity contribution in [3.63, 3.8) is 0 Å². The van der Waals surface area contributed by atoms with E-state index in [0.29, 0.717) is 37.2 Å². The fourth-order valence-electron chi connectivity index (χ4n) is 6.08. The van der Waals surface area contributed by atoms with E-state index >= 15 is 0 Å². The molecule has 0 spiro atoms. The lowest BCUT2D eigenvalue weighted by atomic mass is 9.89. The molecule has 7 heteroatoms. The van der Waals surface area contributed by atoms with Crippen LogP contribution in [0.25, 0.3) is 5.65 Å². The first-order chi connectivity index (χ1) is 15.2. The van der Waals surface area contributed by atoms with Crippen LogP contribution in [0.2, 0.25) is 0 Å². The number of likely N-dealkylation sites (tertiary alicyclic amines) is 1. The van der Waals surface area contributed by atoms with E-state index in [4.69, 9.17) is 4.98 Å². The lowest BCUT2D eigenvalue weighted by Crippen LogP contribution is -2.42. The van der Waals surface area contributed by atoms with Crippen molar-refractivity contribution in [1.29, 1.82) is 0 Å². The van der Waals surface area contributed by atoms with Gasteiger partial charge in [-0.25, -0.2) is 9.50 Å². The summed E-state index contributed by atoms with van der Waals surface area (Å²) in [6, 6.07) is 3.13. The minimum atomic E-state index is -0.0282. The summed E-state index contributed by atoms with van der Waals surface area (Å²) in [4.78, 5) is 35.3. The number of hydrogen-bond donors (Lipinski definition) is 1. The number of piperidine rings is 1. The van der Waals surface area contributed by atoms with Gasteiger partial charge in [0.15, 0.2) is 5.65 Å². The predicted octanol–water partition coefficient (Wildman–Crippen LogP) is 3.18. The van der Waals surface area contributed by atoms with Crippen LogP contribution in [0.4, 0.5) is 0 Å². The topological polar surface area (TPSA) is 73.7 Å². The van der Waals surface area contributed by atoms with E-state index in [1.807, 2.05) is 4.90 Å². The van der Waals surface area contributed by atoms with Crippen LogP contribution in [0.5, 0.6) is 0 Å². The fourth-order valence-corrected chi connectivity index (χ4v) is 6.08. The molecule has 1 saturated heterocycles. The predicted molar refractivity (Wildman–Crippen MR) is 118 cm³/mol. The van der Waals surface area contributed by atoms with Crippen molar-refractivity contribution in [1.82, 2.24) is 24.4 Å². The van der Waals surface area contributed by atoms with Crippen LogP contribution >= 0.6 is 0 Å². The molecule has 2 aliphatic carbocycles. The summed E-state index contributed by atoms with van der Waals surface area (Å²) < 4.78 is 1.63. The third kappa shape index (κ3) is 3.51. The zero-order chi connectivity index (χ0) is 20.9. The van der Waals surface area contributed by atoms with E-state index in [2.05, 4.69) is 16.1 Å². The molecule has 1 N–H and O–H groups in total. The maximum absolute atomic E-state index is 13.3. The molecule has 31 heavy (non-hydrogen) atoms. The average molecular weight is 424 g/mol. The molecule has 0 unspecified atom stereocenters. The molecular weight excluding hydrogens is 390 g/mol. The minimum absolute atomic E-state index is 0.0282. The summed E-state index contributed by atoms with van der Waals surface area (Å²) in [6.07, 6.45) is 13.0. The molecule has 2 aromatic rings. The van der Waals surface area contributed by atoms with Gasteiger partial charge in [-0.05, 0) is 45.1 Å². The van der Waals surface area contributed by atoms with Crippen molar-refractivity contribution in [2.45, 2.75) is 89.3 Å². The Balaban J connectivity index is 1.32. The van der Waals surface area contributed by atoms with Crippen LogP contribution in [0, 0.1) is 5.92 Å². The number of fused-ring (bicyclic) bond motifs is 2. The number of carbonyl (C=O) groups excluding carboxylic acids is 1. The molecule has 4 aliphatic rings. The zero-order valence-electron chi connectivity index (χ0n) is 18.3. The van der Waals surface area contributed by atoms with Crippen molar-refractivity contribution in [3.8, 4) is 0 Å². The highest BCUT2D eigenvalue weighted by Crippen LogP contribution is 2.36. The smallest absolute Gasteiger partial charge is 0.277 e. The van der Waals surface area contributed by atoms with E-state index in [-0.39, 0.29) is 17.4 Å². The third-order valence-electron chi connectivity index (χ3n) is 7.97. The number of carbonyl (C=O) groups is 1. The van der Waals surface area contributed by atoms with Gasteiger partial charge in [0.1, 0.15) is 0 Å². The van der Waals surface area contributed by atoms with Crippen molar-refractivity contribution < 1.29 is 4.79 Å². The second-order valence-electron chi connectivity index (χ2n) is 10.1. The number of rotatable bonds is 3. The Hall–Kier alpha value is -2.15. The van der Waals surface area contributed by atoms with E-state index in [1.54, 1.807) is 4.52 Å². The molecule has 2 aromatic heterocycles. The molecule has 6 rings (SSSR count). The number of amides is 1. The first kappa shape index (κ1) is 19.5. The molecule has 1 atom stereocenters. The Bertz CT molecular complexity index is 1050. The van der Waals surface area contributed by atoms with Crippen molar-refractivity contribution in [3.05, 3.63) is 33.4 Å². The highest BCUT2D eigenvalue weighted by molar-refractivity contribution is 5.81. The summed E-state index contributed by atoms with van der Waals surface area (Å²) in [6.45, 7) is 2.24. The Morgan fingerprint density at radius 1 is 1.00 bits per heavy atom. The number of nitrogens with one attached hydrogen (secondary N) is 1. The highest BCUT2D eigenvalue weighted by atomic mass is 16.2. The average Bonchev–Trinajstić information content (AvgIpc) is 3.58. The Morgan fingerprint density at radius 2 is 1.81 bits per heavy atom. The van der Waals surface area contributed by atoms with Crippen molar-refractivity contribution in [2.75, 3.05) is 13.1 Å². The normalized spacial score (nSPS) is 25.7. The summed E-state index contributed by atoms with van der Waals surface area (Å²) in [5.74, 6) is 0.405. The summed E-state index contributed by atoms with van der Waals surface area (Å²) in [7, 11) is 0. The molecule has 3 fully saturated rings. The number of hydrogen-bond acceptors (Lipinski definition) is 4. The van der Waals surface area contributed by atoms with Crippen molar-refractivity contribution >= 4 is 11.6 Å². The minimum Gasteiger partial charge on any atom is -0.337 e. The van der Waals surface area contributed by atoms with Crippen LogP contribution in [0.1, 0.15) is 87.2 Å². The van der Waals surface area contributed by atoms with Crippen LogP contribution in [-0.4, -0.2) is 49.4 Å². The summed E-state index contributed by atoms with van der Waals surface area (Å²) in [5, 5.41) is 3.43. The highest BCUT2D eigenvalue weighted by Gasteiger charge is 2.36. The SMILES string of the molecule is O=C(C1CC1)N1CCc2nc3cc([C@@H]4CCCCN4C4CCCCC4)[nH]n3c(=O)c2C1. The fraction of sp³-hybridized carbons (Fsp3) is 0.708. The maximum Gasteiger partial charge on any atom is 0.277 e. The first-order valence-corrected chi connectivity index (χ1v) is 12.4. The Morgan fingerprint density at radius 3 is 2.61 bits per heavy atom. The van der Waals surface area contributed by atoms with E-state index in [0.717, 1.165) is 42.8 Å². The summed E-state index contributed by atoms with van der Waals surface area (Å²) in [5.41, 5.74) is 3.40. The van der Waals surface area contributed by atoms with Crippen LogP contribution in [0.15, 0.2) is 10.9 Å². The molecule has 1 amide bonds. The van der Waals surface area contributed by atoms with Gasteiger partial charge in [-0.3, -0.25) is 19.6 Å². The van der Waals surface area contributed by atoms with Gasteiger partial charge in [-0.15, -0.1) is 0 Å². The molecule has 7 nitrogen and oxygen atoms in total. The van der Waals surface area contributed by atoms with Gasteiger partial charge in [0.25, 0.3) is 5.56 Å². The molecule has 0 radical (unpaired) electrons. The molecule has 166 valence electrons. The second-order valence-corrected chi connectivity index (χ2v) is 10.1. The largest absolute Gasteiger partial charge is 0.337 e. The van der Waals surface area contributed by atoms with Gasteiger partial charge in [-0.2, -0.15) is 0 Å². The third-order valence-corrected chi connectivity index (χ3v) is 7.97. The molecule has 0 aromatic carbocycles. The molecule has 2 aliphatic heterocycles. The number of nitrogens with zero attached hydrogens (tertiary/aromatic N) is 4. The second kappa shape index (κ2) is 7.76. The standard InChI is InChI=1S/C24H33N5O2/c30-23(16-9-10-16)27-13-11-19-18(15-27)24(31)29-22(25-19)14-20(26-29)21-8-4-5-12-28(21)17-6-2-1-3-7-17/h14,16-17,21,26H,1-13,15H2/t21-/m0/s1. The number of aromatic amines is 1. The number of aromatic nitrogens is 3. The lowest BCUT2D eigenvalue weighted by molar-refractivity contribution is -0.133. The van der Waals surface area contributed by atoms with Crippen molar-refractivity contribution in [2.24, 2.45) is 5.92 Å². The van der Waals surface area contributed by atoms with E-state index in [9.17, 15) is 9.59 Å². The van der Waals surface area contributed by atoms with Gasteiger partial charge >= 0.3 is 0 Å². The van der Waals surface area contributed by atoms with Crippen LogP contribution in [0.3, 0.4) is 0 Å². The van der Waals surface area contributed by atoms with Crippen LogP contribution < -0.4 is 5.56 Å². The maximum atomic E-state index is 13.3. The Labute approximate surface area is 182 Å². The molecule has 2 saturated carbocycles. The van der Waals surface area contributed by atoms with Crippen LogP contribution in [-0.2, 0) is 17.8 Å². The van der Waals surface area contributed by atoms with Gasteiger partial charge in [0.2, 0.25) is 5.91 Å². The molecular formula is C24H33N5O2. The zero-order valence-corrected chi connectivity index (χ0v) is 18.3. The van der Waals surface area contributed by atoms with Gasteiger partial charge in [-0.1, -0.05) is 25.7 Å². The lowest BCUT2D eigenvalue weighted by Gasteiger charge is -2.42. The number of H-pyrrole nitrogens is 1. The van der Waals surface area contributed by atoms with E-state index < -0.39 is 0 Å². The Kier molecular flexibility index (Phi) is 4.89. The van der Waals surface area contributed by atoms with Gasteiger partial charge in [0, 0.05) is 31.0 Å².